The predicted molar refractivity (Wildman–Crippen MR) is 69.3 cm³/mol. The molecule has 1 aliphatic carbocycles. The summed E-state index contributed by atoms with van der Waals surface area (Å²) < 4.78 is 27.8. The molecule has 1 aromatic rings. The van der Waals surface area contributed by atoms with Gasteiger partial charge in [-0.3, -0.25) is 0 Å². The molecule has 1 aliphatic rings. The molecule has 1 aromatic heterocycles. The van der Waals surface area contributed by atoms with E-state index in [0.29, 0.717) is 16.7 Å². The van der Waals surface area contributed by atoms with Crippen LogP contribution in [-0.4, -0.2) is 15.0 Å². The molecule has 1 saturated carbocycles. The fourth-order valence-electron chi connectivity index (χ4n) is 1.56. The minimum atomic E-state index is -3.29. The maximum Gasteiger partial charge on any atom is 0.250 e. The standard InChI is InChI=1S/C10H14BrNO2S2/c1-7-5-9(15-10(7)11)16(13,14)12-6-8-3-2-4-8/h5,8,12H,2-4,6H2,1H3. The van der Waals surface area contributed by atoms with Crippen LogP contribution in [0, 0.1) is 12.8 Å². The van der Waals surface area contributed by atoms with Gasteiger partial charge in [0, 0.05) is 6.54 Å². The lowest BCUT2D eigenvalue weighted by Crippen LogP contribution is -2.31. The van der Waals surface area contributed by atoms with Gasteiger partial charge in [-0.25, -0.2) is 13.1 Å². The van der Waals surface area contributed by atoms with Crippen LogP contribution in [0.2, 0.25) is 0 Å². The smallest absolute Gasteiger partial charge is 0.210 e. The number of aryl methyl sites for hydroxylation is 1. The lowest BCUT2D eigenvalue weighted by atomic mass is 9.86. The van der Waals surface area contributed by atoms with Crippen molar-refractivity contribution in [3.63, 3.8) is 0 Å². The second-order valence-corrected chi connectivity index (χ2v) is 8.53. The summed E-state index contributed by atoms with van der Waals surface area (Å²) >= 11 is 4.60. The number of thiophene rings is 1. The summed E-state index contributed by atoms with van der Waals surface area (Å²) in [5, 5.41) is 0. The van der Waals surface area contributed by atoms with Crippen LogP contribution in [0.15, 0.2) is 14.1 Å². The molecule has 90 valence electrons. The highest BCUT2D eigenvalue weighted by molar-refractivity contribution is 9.11. The van der Waals surface area contributed by atoms with Gasteiger partial charge in [0.05, 0.1) is 3.79 Å². The summed E-state index contributed by atoms with van der Waals surface area (Å²) in [5.41, 5.74) is 0.967. The minimum Gasteiger partial charge on any atom is -0.210 e. The van der Waals surface area contributed by atoms with Crippen molar-refractivity contribution >= 4 is 37.3 Å². The van der Waals surface area contributed by atoms with E-state index in [2.05, 4.69) is 20.7 Å². The van der Waals surface area contributed by atoms with Crippen molar-refractivity contribution in [1.29, 1.82) is 0 Å². The van der Waals surface area contributed by atoms with Gasteiger partial charge < -0.3 is 0 Å². The van der Waals surface area contributed by atoms with Crippen LogP contribution < -0.4 is 4.72 Å². The van der Waals surface area contributed by atoms with Crippen LogP contribution in [0.1, 0.15) is 24.8 Å². The number of hydrogen-bond donors (Lipinski definition) is 1. The average Bonchev–Trinajstić information content (AvgIpc) is 2.45. The Balaban J connectivity index is 2.05. The quantitative estimate of drug-likeness (QED) is 0.926. The van der Waals surface area contributed by atoms with E-state index in [1.54, 1.807) is 6.07 Å². The summed E-state index contributed by atoms with van der Waals surface area (Å²) in [6.07, 6.45) is 3.53. The monoisotopic (exact) mass is 323 g/mol. The molecule has 0 aromatic carbocycles. The second-order valence-electron chi connectivity index (χ2n) is 4.17. The van der Waals surface area contributed by atoms with Crippen LogP contribution in [0.25, 0.3) is 0 Å². The number of halogens is 1. The summed E-state index contributed by atoms with van der Waals surface area (Å²) in [5.74, 6) is 0.541. The Morgan fingerprint density at radius 3 is 2.69 bits per heavy atom. The summed E-state index contributed by atoms with van der Waals surface area (Å²) in [6, 6.07) is 1.71. The lowest BCUT2D eigenvalue weighted by molar-refractivity contribution is 0.316. The molecule has 6 heteroatoms. The molecule has 0 atom stereocenters. The van der Waals surface area contributed by atoms with E-state index in [1.807, 2.05) is 6.92 Å². The Morgan fingerprint density at radius 1 is 1.56 bits per heavy atom. The molecular formula is C10H14BrNO2S2. The normalized spacial score (nSPS) is 17.4. The molecule has 1 fully saturated rings. The predicted octanol–water partition coefficient (Wildman–Crippen LogP) is 2.90. The molecular weight excluding hydrogens is 310 g/mol. The topological polar surface area (TPSA) is 46.2 Å². The highest BCUT2D eigenvalue weighted by Gasteiger charge is 2.22. The van der Waals surface area contributed by atoms with Crippen LogP contribution in [0.3, 0.4) is 0 Å². The lowest BCUT2D eigenvalue weighted by Gasteiger charge is -2.25. The van der Waals surface area contributed by atoms with Crippen LogP contribution in [-0.2, 0) is 10.0 Å². The second kappa shape index (κ2) is 4.76. The van der Waals surface area contributed by atoms with Gasteiger partial charge in [0.25, 0.3) is 0 Å². The molecule has 0 bridgehead atoms. The van der Waals surface area contributed by atoms with Gasteiger partial charge in [0.1, 0.15) is 4.21 Å². The first-order valence-electron chi connectivity index (χ1n) is 5.24. The van der Waals surface area contributed by atoms with Crippen molar-refractivity contribution in [1.82, 2.24) is 4.72 Å². The Bertz CT molecular complexity index is 458. The first kappa shape index (κ1) is 12.5. The minimum absolute atomic E-state index is 0.399. The zero-order chi connectivity index (χ0) is 11.8. The van der Waals surface area contributed by atoms with Crippen molar-refractivity contribution in [3.05, 3.63) is 15.4 Å². The molecule has 1 N–H and O–H groups in total. The molecule has 16 heavy (non-hydrogen) atoms. The van der Waals surface area contributed by atoms with Crippen LogP contribution >= 0.6 is 27.3 Å². The Hall–Kier alpha value is 0.0900. The molecule has 0 spiro atoms. The van der Waals surface area contributed by atoms with E-state index in [1.165, 1.54) is 17.8 Å². The van der Waals surface area contributed by atoms with Gasteiger partial charge in [0.15, 0.2) is 0 Å². The fraction of sp³-hybridized carbons (Fsp3) is 0.600. The molecule has 0 amide bonds. The number of rotatable bonds is 4. The summed E-state index contributed by atoms with van der Waals surface area (Å²) in [6.45, 7) is 2.47. The third kappa shape index (κ3) is 2.67. The number of hydrogen-bond acceptors (Lipinski definition) is 3. The first-order chi connectivity index (χ1) is 7.49. The Labute approximate surface area is 108 Å². The third-order valence-electron chi connectivity index (χ3n) is 2.89. The molecule has 1 heterocycles. The van der Waals surface area contributed by atoms with Crippen LogP contribution in [0.5, 0.6) is 0 Å². The molecule has 2 rings (SSSR count). The van der Waals surface area contributed by atoms with Crippen LogP contribution in [0.4, 0.5) is 0 Å². The van der Waals surface area contributed by atoms with E-state index in [0.717, 1.165) is 22.2 Å². The number of sulfonamides is 1. The fourth-order valence-corrected chi connectivity index (χ4v) is 4.95. The third-order valence-corrected chi connectivity index (χ3v) is 6.92. The van der Waals surface area contributed by atoms with Gasteiger partial charge in [-0.1, -0.05) is 6.42 Å². The van der Waals surface area contributed by atoms with E-state index >= 15 is 0 Å². The molecule has 0 unspecified atom stereocenters. The largest absolute Gasteiger partial charge is 0.250 e. The summed E-state index contributed by atoms with van der Waals surface area (Å²) in [4.78, 5) is 0. The van der Waals surface area contributed by atoms with E-state index < -0.39 is 10.0 Å². The number of nitrogens with one attached hydrogen (secondary N) is 1. The Morgan fingerprint density at radius 2 is 2.25 bits per heavy atom. The van der Waals surface area contributed by atoms with E-state index in [4.69, 9.17) is 0 Å². The van der Waals surface area contributed by atoms with E-state index in [9.17, 15) is 8.42 Å². The Kier molecular flexibility index (Phi) is 3.73. The van der Waals surface area contributed by atoms with Crippen molar-refractivity contribution in [2.75, 3.05) is 6.54 Å². The van der Waals surface area contributed by atoms with Crippen molar-refractivity contribution < 1.29 is 8.42 Å². The highest BCUT2D eigenvalue weighted by atomic mass is 79.9. The molecule has 0 aliphatic heterocycles. The van der Waals surface area contributed by atoms with E-state index in [-0.39, 0.29) is 0 Å². The van der Waals surface area contributed by atoms with Gasteiger partial charge in [0.2, 0.25) is 10.0 Å². The van der Waals surface area contributed by atoms with Gasteiger partial charge >= 0.3 is 0 Å². The van der Waals surface area contributed by atoms with Gasteiger partial charge in [-0.15, -0.1) is 11.3 Å². The molecule has 3 nitrogen and oxygen atoms in total. The average molecular weight is 324 g/mol. The van der Waals surface area contributed by atoms with Crippen molar-refractivity contribution in [2.24, 2.45) is 5.92 Å². The molecule has 0 radical (unpaired) electrons. The maximum absolute atomic E-state index is 11.9. The SMILES string of the molecule is Cc1cc(S(=O)(=O)NCC2CCC2)sc1Br. The molecule has 0 saturated heterocycles. The maximum atomic E-state index is 11.9. The zero-order valence-electron chi connectivity index (χ0n) is 8.99. The zero-order valence-corrected chi connectivity index (χ0v) is 12.2. The first-order valence-corrected chi connectivity index (χ1v) is 8.34. The van der Waals surface area contributed by atoms with Crippen molar-refractivity contribution in [2.45, 2.75) is 30.4 Å². The summed E-state index contributed by atoms with van der Waals surface area (Å²) in [7, 11) is -3.29. The highest BCUT2D eigenvalue weighted by Crippen LogP contribution is 2.31. The van der Waals surface area contributed by atoms with Gasteiger partial charge in [-0.05, 0) is 53.2 Å². The van der Waals surface area contributed by atoms with Crippen molar-refractivity contribution in [3.8, 4) is 0 Å². The van der Waals surface area contributed by atoms with Gasteiger partial charge in [-0.2, -0.15) is 0 Å².